The summed E-state index contributed by atoms with van der Waals surface area (Å²) in [7, 11) is 0. The Morgan fingerprint density at radius 2 is 1.82 bits per heavy atom. The maximum absolute atomic E-state index is 12.2. The highest BCUT2D eigenvalue weighted by molar-refractivity contribution is 5.78. The molecular formula is C16H24N4O2. The molecular weight excluding hydrogens is 280 g/mol. The quantitative estimate of drug-likeness (QED) is 0.787. The molecule has 2 saturated heterocycles. The smallest absolute Gasteiger partial charge is 0.236 e. The summed E-state index contributed by atoms with van der Waals surface area (Å²) in [6.45, 7) is 8.22. The van der Waals surface area contributed by atoms with Crippen molar-refractivity contribution in [2.24, 2.45) is 0 Å². The maximum Gasteiger partial charge on any atom is 0.236 e. The molecule has 3 rings (SSSR count). The Kier molecular flexibility index (Phi) is 5.37. The van der Waals surface area contributed by atoms with E-state index in [1.165, 1.54) is 5.56 Å². The Morgan fingerprint density at radius 3 is 2.50 bits per heavy atom. The number of morpholine rings is 1. The zero-order chi connectivity index (χ0) is 15.2. The molecule has 2 aliphatic rings. The van der Waals surface area contributed by atoms with Crippen molar-refractivity contribution in [3.8, 4) is 0 Å². The Bertz CT molecular complexity index is 468. The third-order valence-electron chi connectivity index (χ3n) is 4.32. The highest BCUT2D eigenvalue weighted by atomic mass is 16.5. The van der Waals surface area contributed by atoms with Crippen molar-refractivity contribution in [1.29, 1.82) is 0 Å². The number of hydrogen-bond donors (Lipinski definition) is 0. The summed E-state index contributed by atoms with van der Waals surface area (Å²) in [5.74, 6) is 0.240. The second-order valence-electron chi connectivity index (χ2n) is 5.91. The second kappa shape index (κ2) is 7.67. The molecule has 1 amide bonds. The van der Waals surface area contributed by atoms with Crippen molar-refractivity contribution >= 4 is 5.91 Å². The van der Waals surface area contributed by atoms with Crippen LogP contribution in [0.1, 0.15) is 5.56 Å². The van der Waals surface area contributed by atoms with Crippen LogP contribution in [-0.4, -0.2) is 84.6 Å². The fourth-order valence-corrected chi connectivity index (χ4v) is 2.96. The van der Waals surface area contributed by atoms with Gasteiger partial charge in [-0.1, -0.05) is 6.07 Å². The molecule has 0 radical (unpaired) electrons. The highest BCUT2D eigenvalue weighted by Crippen LogP contribution is 2.08. The van der Waals surface area contributed by atoms with Crippen molar-refractivity contribution in [2.75, 3.05) is 59.0 Å². The van der Waals surface area contributed by atoms with Crippen LogP contribution in [0, 0.1) is 0 Å². The summed E-state index contributed by atoms with van der Waals surface area (Å²) >= 11 is 0. The zero-order valence-corrected chi connectivity index (χ0v) is 13.0. The number of amides is 1. The third-order valence-corrected chi connectivity index (χ3v) is 4.32. The van der Waals surface area contributed by atoms with Crippen molar-refractivity contribution < 1.29 is 9.53 Å². The lowest BCUT2D eigenvalue weighted by Crippen LogP contribution is -2.51. The molecule has 0 bridgehead atoms. The monoisotopic (exact) mass is 304 g/mol. The maximum atomic E-state index is 12.2. The number of aromatic nitrogens is 1. The molecule has 0 atom stereocenters. The topological polar surface area (TPSA) is 48.9 Å². The molecule has 0 spiro atoms. The number of carbonyl (C=O) groups is 1. The first kappa shape index (κ1) is 15.4. The van der Waals surface area contributed by atoms with E-state index in [4.69, 9.17) is 4.74 Å². The Labute approximate surface area is 131 Å². The number of ether oxygens (including phenoxy) is 1. The first-order valence-corrected chi connectivity index (χ1v) is 8.00. The summed E-state index contributed by atoms with van der Waals surface area (Å²) < 4.78 is 5.29. The van der Waals surface area contributed by atoms with Crippen LogP contribution >= 0.6 is 0 Å². The van der Waals surface area contributed by atoms with Crippen LogP contribution in [0.25, 0.3) is 0 Å². The second-order valence-corrected chi connectivity index (χ2v) is 5.91. The van der Waals surface area contributed by atoms with Gasteiger partial charge in [-0.2, -0.15) is 0 Å². The molecule has 2 fully saturated rings. The van der Waals surface area contributed by atoms with Gasteiger partial charge in [0.1, 0.15) is 0 Å². The largest absolute Gasteiger partial charge is 0.378 e. The SMILES string of the molecule is O=C(CN1CCN(Cc2cccnc2)CC1)N1CCOCC1. The van der Waals surface area contributed by atoms with Gasteiger partial charge in [0.15, 0.2) is 0 Å². The molecule has 120 valence electrons. The minimum atomic E-state index is 0.240. The number of nitrogens with zero attached hydrogens (tertiary/aromatic N) is 4. The number of rotatable bonds is 4. The molecule has 1 aromatic heterocycles. The minimum absolute atomic E-state index is 0.240. The van der Waals surface area contributed by atoms with E-state index in [0.29, 0.717) is 19.8 Å². The van der Waals surface area contributed by atoms with Gasteiger partial charge in [0.25, 0.3) is 0 Å². The Hall–Kier alpha value is -1.50. The van der Waals surface area contributed by atoms with Gasteiger partial charge in [0.2, 0.25) is 5.91 Å². The van der Waals surface area contributed by atoms with E-state index in [1.807, 2.05) is 17.2 Å². The van der Waals surface area contributed by atoms with E-state index >= 15 is 0 Å². The van der Waals surface area contributed by atoms with Gasteiger partial charge >= 0.3 is 0 Å². The first-order chi connectivity index (χ1) is 10.8. The van der Waals surface area contributed by atoms with Crippen molar-refractivity contribution in [1.82, 2.24) is 19.7 Å². The molecule has 22 heavy (non-hydrogen) atoms. The van der Waals surface area contributed by atoms with Crippen LogP contribution in [0.5, 0.6) is 0 Å². The van der Waals surface area contributed by atoms with Gasteiger partial charge in [-0.15, -0.1) is 0 Å². The van der Waals surface area contributed by atoms with Gasteiger partial charge in [-0.25, -0.2) is 0 Å². The lowest BCUT2D eigenvalue weighted by atomic mass is 10.2. The third kappa shape index (κ3) is 4.25. The van der Waals surface area contributed by atoms with Gasteiger partial charge in [-0.3, -0.25) is 19.6 Å². The van der Waals surface area contributed by atoms with Crippen LogP contribution in [0.4, 0.5) is 0 Å². The lowest BCUT2D eigenvalue weighted by molar-refractivity contribution is -0.136. The standard InChI is InChI=1S/C16H24N4O2/c21-16(20-8-10-22-11-9-20)14-19-6-4-18(5-7-19)13-15-2-1-3-17-12-15/h1-3,12H,4-11,13-14H2. The Morgan fingerprint density at radius 1 is 1.09 bits per heavy atom. The molecule has 6 heteroatoms. The van der Waals surface area contributed by atoms with Crippen LogP contribution in [0.15, 0.2) is 24.5 Å². The van der Waals surface area contributed by atoms with Crippen LogP contribution < -0.4 is 0 Å². The summed E-state index contributed by atoms with van der Waals surface area (Å²) in [6.07, 6.45) is 3.73. The van der Waals surface area contributed by atoms with E-state index in [-0.39, 0.29) is 5.91 Å². The molecule has 0 saturated carbocycles. The first-order valence-electron chi connectivity index (χ1n) is 8.00. The number of piperazine rings is 1. The van der Waals surface area contributed by atoms with E-state index in [0.717, 1.165) is 45.8 Å². The fraction of sp³-hybridized carbons (Fsp3) is 0.625. The predicted molar refractivity (Wildman–Crippen MR) is 83.4 cm³/mol. The van der Waals surface area contributed by atoms with Gasteiger partial charge in [0.05, 0.1) is 19.8 Å². The van der Waals surface area contributed by atoms with E-state index in [9.17, 15) is 4.79 Å². The highest BCUT2D eigenvalue weighted by Gasteiger charge is 2.22. The van der Waals surface area contributed by atoms with Crippen molar-refractivity contribution in [3.05, 3.63) is 30.1 Å². The molecule has 0 aliphatic carbocycles. The molecule has 0 unspecified atom stereocenters. The van der Waals surface area contributed by atoms with E-state index in [2.05, 4.69) is 20.9 Å². The average Bonchev–Trinajstić information content (AvgIpc) is 2.58. The number of hydrogen-bond acceptors (Lipinski definition) is 5. The van der Waals surface area contributed by atoms with Crippen molar-refractivity contribution in [3.63, 3.8) is 0 Å². The normalized spacial score (nSPS) is 21.0. The van der Waals surface area contributed by atoms with Crippen LogP contribution in [-0.2, 0) is 16.1 Å². The van der Waals surface area contributed by atoms with Gasteiger partial charge in [-0.05, 0) is 11.6 Å². The molecule has 3 heterocycles. The van der Waals surface area contributed by atoms with Crippen molar-refractivity contribution in [2.45, 2.75) is 6.54 Å². The van der Waals surface area contributed by atoms with E-state index < -0.39 is 0 Å². The predicted octanol–water partition coefficient (Wildman–Crippen LogP) is 0.0580. The lowest BCUT2D eigenvalue weighted by Gasteiger charge is -2.36. The molecule has 6 nitrogen and oxygen atoms in total. The van der Waals surface area contributed by atoms with Gasteiger partial charge < -0.3 is 9.64 Å². The molecule has 1 aromatic rings. The molecule has 0 aromatic carbocycles. The number of pyridine rings is 1. The van der Waals surface area contributed by atoms with Crippen LogP contribution in [0.3, 0.4) is 0 Å². The zero-order valence-electron chi connectivity index (χ0n) is 13.0. The molecule has 0 N–H and O–H groups in total. The summed E-state index contributed by atoms with van der Waals surface area (Å²) in [6, 6.07) is 4.09. The number of carbonyl (C=O) groups excluding carboxylic acids is 1. The minimum Gasteiger partial charge on any atom is -0.378 e. The van der Waals surface area contributed by atoms with Crippen LogP contribution in [0.2, 0.25) is 0 Å². The molecule has 2 aliphatic heterocycles. The Balaban J connectivity index is 1.40. The summed E-state index contributed by atoms with van der Waals surface area (Å²) in [4.78, 5) is 23.0. The summed E-state index contributed by atoms with van der Waals surface area (Å²) in [5.41, 5.74) is 1.25. The van der Waals surface area contributed by atoms with Gasteiger partial charge in [0, 0.05) is 58.2 Å². The average molecular weight is 304 g/mol. The fourth-order valence-electron chi connectivity index (χ4n) is 2.96. The summed E-state index contributed by atoms with van der Waals surface area (Å²) in [5, 5.41) is 0. The van der Waals surface area contributed by atoms with E-state index in [1.54, 1.807) is 6.20 Å².